The van der Waals surface area contributed by atoms with E-state index in [0.717, 1.165) is 6.42 Å². The summed E-state index contributed by atoms with van der Waals surface area (Å²) in [6.45, 7) is 1.24. The highest BCUT2D eigenvalue weighted by atomic mass is 16.2. The number of nitriles is 1. The minimum atomic E-state index is -0.188. The lowest BCUT2D eigenvalue weighted by molar-refractivity contribution is 0.191. The first-order valence-electron chi connectivity index (χ1n) is 7.38. The van der Waals surface area contributed by atoms with E-state index in [1.54, 1.807) is 23.1 Å². The van der Waals surface area contributed by atoms with Gasteiger partial charge >= 0.3 is 6.03 Å². The summed E-state index contributed by atoms with van der Waals surface area (Å²) < 4.78 is 1.31. The first-order valence-corrected chi connectivity index (χ1v) is 7.38. The van der Waals surface area contributed by atoms with Crippen molar-refractivity contribution in [1.82, 2.24) is 19.9 Å². The Morgan fingerprint density at radius 2 is 2.00 bits per heavy atom. The number of aromatic nitrogens is 3. The summed E-state index contributed by atoms with van der Waals surface area (Å²) in [5, 5.41) is 16.9. The molecule has 112 valence electrons. The van der Waals surface area contributed by atoms with Crippen molar-refractivity contribution in [2.75, 3.05) is 6.54 Å². The molecule has 23 heavy (non-hydrogen) atoms. The molecule has 1 aliphatic rings. The van der Waals surface area contributed by atoms with E-state index in [0.29, 0.717) is 29.7 Å². The van der Waals surface area contributed by atoms with Gasteiger partial charge in [0.05, 0.1) is 17.1 Å². The number of fused-ring (bicyclic) bond motifs is 2. The average molecular weight is 303 g/mol. The first kappa shape index (κ1) is 13.5. The van der Waals surface area contributed by atoms with E-state index in [4.69, 9.17) is 5.26 Å². The highest BCUT2D eigenvalue weighted by Crippen LogP contribution is 2.20. The van der Waals surface area contributed by atoms with Crippen LogP contribution in [0.2, 0.25) is 0 Å². The average Bonchev–Trinajstić information content (AvgIpc) is 3.03. The van der Waals surface area contributed by atoms with Gasteiger partial charge in [-0.1, -0.05) is 29.5 Å². The van der Waals surface area contributed by atoms with Crippen LogP contribution in [0.25, 0.3) is 11.0 Å². The van der Waals surface area contributed by atoms with Gasteiger partial charge in [0.2, 0.25) is 0 Å². The topological polar surface area (TPSA) is 74.8 Å². The van der Waals surface area contributed by atoms with Crippen molar-refractivity contribution in [2.45, 2.75) is 13.0 Å². The van der Waals surface area contributed by atoms with Gasteiger partial charge in [-0.15, -0.1) is 5.10 Å². The normalized spacial score (nSPS) is 13.6. The molecule has 0 aliphatic carbocycles. The van der Waals surface area contributed by atoms with Gasteiger partial charge in [0, 0.05) is 13.1 Å². The third-order valence-electron chi connectivity index (χ3n) is 4.16. The maximum absolute atomic E-state index is 12.8. The summed E-state index contributed by atoms with van der Waals surface area (Å²) in [5.74, 6) is 0. The molecule has 2 heterocycles. The van der Waals surface area contributed by atoms with E-state index in [-0.39, 0.29) is 6.03 Å². The maximum Gasteiger partial charge on any atom is 0.347 e. The molecule has 0 saturated heterocycles. The Hall–Kier alpha value is -3.20. The Morgan fingerprint density at radius 3 is 2.83 bits per heavy atom. The number of carbonyl (C=O) groups is 1. The summed E-state index contributed by atoms with van der Waals surface area (Å²) in [7, 11) is 0. The molecule has 1 amide bonds. The second-order valence-electron chi connectivity index (χ2n) is 5.54. The SMILES string of the molecule is N#Cc1ccc2c(c1)nnn2C(=O)N1CCc2ccccc2C1. The van der Waals surface area contributed by atoms with Crippen molar-refractivity contribution >= 4 is 17.1 Å². The predicted octanol–water partition coefficient (Wildman–Crippen LogP) is 2.33. The number of carbonyl (C=O) groups excluding carboxylic acids is 1. The lowest BCUT2D eigenvalue weighted by Crippen LogP contribution is -2.39. The van der Waals surface area contributed by atoms with Gasteiger partial charge < -0.3 is 4.90 Å². The number of benzene rings is 2. The third-order valence-corrected chi connectivity index (χ3v) is 4.16. The van der Waals surface area contributed by atoms with Crippen LogP contribution in [0.15, 0.2) is 42.5 Å². The summed E-state index contributed by atoms with van der Waals surface area (Å²) in [6.07, 6.45) is 0.840. The van der Waals surface area contributed by atoms with Crippen molar-refractivity contribution in [2.24, 2.45) is 0 Å². The van der Waals surface area contributed by atoms with Crippen LogP contribution >= 0.6 is 0 Å². The molecule has 0 fully saturated rings. The van der Waals surface area contributed by atoms with Crippen LogP contribution in [0.4, 0.5) is 4.79 Å². The fraction of sp³-hybridized carbons (Fsp3) is 0.176. The number of hydrogen-bond acceptors (Lipinski definition) is 4. The lowest BCUT2D eigenvalue weighted by atomic mass is 10.0. The Morgan fingerprint density at radius 1 is 1.17 bits per heavy atom. The Balaban J connectivity index is 1.67. The van der Waals surface area contributed by atoms with Crippen LogP contribution < -0.4 is 0 Å². The number of rotatable bonds is 0. The highest BCUT2D eigenvalue weighted by molar-refractivity contribution is 5.88. The van der Waals surface area contributed by atoms with Gasteiger partial charge in [0.1, 0.15) is 5.52 Å². The Bertz CT molecular complexity index is 953. The van der Waals surface area contributed by atoms with Gasteiger partial charge in [0.25, 0.3) is 0 Å². The third kappa shape index (κ3) is 2.23. The molecule has 1 aliphatic heterocycles. The zero-order chi connectivity index (χ0) is 15.8. The smallest absolute Gasteiger partial charge is 0.318 e. The van der Waals surface area contributed by atoms with E-state index in [1.807, 2.05) is 18.2 Å². The van der Waals surface area contributed by atoms with Crippen LogP contribution in [0.3, 0.4) is 0 Å². The molecule has 6 nitrogen and oxygen atoms in total. The second kappa shape index (κ2) is 5.21. The first-order chi connectivity index (χ1) is 11.3. The monoisotopic (exact) mass is 303 g/mol. The van der Waals surface area contributed by atoms with Gasteiger partial charge in [-0.3, -0.25) is 0 Å². The quantitative estimate of drug-likeness (QED) is 0.639. The predicted molar refractivity (Wildman–Crippen MR) is 83.6 cm³/mol. The standard InChI is InChI=1S/C17H13N5O/c18-10-12-5-6-16-15(9-12)19-20-22(16)17(23)21-8-7-13-3-1-2-4-14(13)11-21/h1-6,9H,7-8,11H2. The highest BCUT2D eigenvalue weighted by Gasteiger charge is 2.23. The molecule has 4 rings (SSSR count). The summed E-state index contributed by atoms with van der Waals surface area (Å²) in [4.78, 5) is 14.5. The van der Waals surface area contributed by atoms with E-state index in [1.165, 1.54) is 15.8 Å². The van der Waals surface area contributed by atoms with E-state index in [9.17, 15) is 4.79 Å². The van der Waals surface area contributed by atoms with Crippen LogP contribution in [0.5, 0.6) is 0 Å². The minimum absolute atomic E-state index is 0.188. The largest absolute Gasteiger partial charge is 0.347 e. The maximum atomic E-state index is 12.8. The van der Waals surface area contributed by atoms with E-state index >= 15 is 0 Å². The molecule has 0 radical (unpaired) electrons. The van der Waals surface area contributed by atoms with E-state index < -0.39 is 0 Å². The van der Waals surface area contributed by atoms with Gasteiger partial charge in [-0.2, -0.15) is 9.94 Å². The molecule has 0 N–H and O–H groups in total. The zero-order valence-electron chi connectivity index (χ0n) is 12.3. The molecule has 0 bridgehead atoms. The van der Waals surface area contributed by atoms with Crippen molar-refractivity contribution in [3.8, 4) is 6.07 Å². The van der Waals surface area contributed by atoms with Crippen molar-refractivity contribution in [3.05, 3.63) is 59.2 Å². The fourth-order valence-electron chi connectivity index (χ4n) is 2.93. The van der Waals surface area contributed by atoms with Crippen molar-refractivity contribution in [1.29, 1.82) is 5.26 Å². The zero-order valence-corrected chi connectivity index (χ0v) is 12.3. The Kier molecular flexibility index (Phi) is 3.05. The molecular weight excluding hydrogens is 290 g/mol. The number of amides is 1. The van der Waals surface area contributed by atoms with Gasteiger partial charge in [-0.05, 0) is 35.7 Å². The van der Waals surface area contributed by atoms with Crippen LogP contribution in [0.1, 0.15) is 16.7 Å². The summed E-state index contributed by atoms with van der Waals surface area (Å²) in [6, 6.07) is 15.0. The van der Waals surface area contributed by atoms with Gasteiger partial charge in [0.15, 0.2) is 0 Å². The van der Waals surface area contributed by atoms with Gasteiger partial charge in [-0.25, -0.2) is 4.79 Å². The second-order valence-corrected chi connectivity index (χ2v) is 5.54. The Labute approximate surface area is 132 Å². The molecular formula is C17H13N5O. The minimum Gasteiger partial charge on any atom is -0.318 e. The molecule has 2 aromatic carbocycles. The molecule has 0 unspecified atom stereocenters. The van der Waals surface area contributed by atoms with E-state index in [2.05, 4.69) is 22.4 Å². The fourth-order valence-corrected chi connectivity index (χ4v) is 2.93. The molecule has 0 saturated carbocycles. The molecule has 0 spiro atoms. The van der Waals surface area contributed by atoms with Crippen LogP contribution in [0, 0.1) is 11.3 Å². The van der Waals surface area contributed by atoms with Crippen molar-refractivity contribution < 1.29 is 4.79 Å². The number of hydrogen-bond donors (Lipinski definition) is 0. The lowest BCUT2D eigenvalue weighted by Gasteiger charge is -2.28. The van der Waals surface area contributed by atoms with Crippen LogP contribution in [-0.2, 0) is 13.0 Å². The van der Waals surface area contributed by atoms with Crippen molar-refractivity contribution in [3.63, 3.8) is 0 Å². The van der Waals surface area contributed by atoms with Crippen LogP contribution in [-0.4, -0.2) is 32.5 Å². The molecule has 3 aromatic rings. The number of nitrogens with zero attached hydrogens (tertiary/aromatic N) is 5. The summed E-state index contributed by atoms with van der Waals surface area (Å²) >= 11 is 0. The molecule has 1 aromatic heterocycles. The molecule has 6 heteroatoms. The summed E-state index contributed by atoms with van der Waals surface area (Å²) in [5.41, 5.74) is 4.13. The molecule has 0 atom stereocenters.